The molecule has 0 aliphatic carbocycles. The maximum Gasteiger partial charge on any atom is 0.421 e. The smallest absolute Gasteiger partial charge is 0.421 e. The van der Waals surface area contributed by atoms with E-state index < -0.39 is 29.9 Å². The summed E-state index contributed by atoms with van der Waals surface area (Å²) in [6.45, 7) is 10.3. The topological polar surface area (TPSA) is 77.9 Å². The summed E-state index contributed by atoms with van der Waals surface area (Å²) in [5.74, 6) is 6.52. The average Bonchev–Trinajstić information content (AvgIpc) is 2.83. The maximum absolute atomic E-state index is 13.5. The zero-order valence-corrected chi connectivity index (χ0v) is 22.9. The maximum atomic E-state index is 13.5. The standard InChI is InChI=1S/C27H33F3N4O3S/c1-6-8-21-18-33(38-22-13-14-23(31-17-22)32-24(35)37-25(3,4)5)15-16-34(21)20-11-9-19(10-12-20)26(36,7-2)27(28,29)30/h9-14,17,21,36H,7,15-16,18H2,1-5H3,(H,31,32,35). The number of halogens is 3. The van der Waals surface area contributed by atoms with Gasteiger partial charge in [0, 0.05) is 36.4 Å². The first-order chi connectivity index (χ1) is 17.8. The van der Waals surface area contributed by atoms with Gasteiger partial charge in [0.15, 0.2) is 5.60 Å². The van der Waals surface area contributed by atoms with Crippen molar-refractivity contribution >= 4 is 29.5 Å². The molecule has 1 aliphatic heterocycles. The summed E-state index contributed by atoms with van der Waals surface area (Å²) < 4.78 is 47.7. The molecule has 38 heavy (non-hydrogen) atoms. The monoisotopic (exact) mass is 550 g/mol. The molecule has 1 saturated heterocycles. The second-order valence-electron chi connectivity index (χ2n) is 9.85. The fourth-order valence-corrected chi connectivity index (χ4v) is 4.92. The Balaban J connectivity index is 1.65. The van der Waals surface area contributed by atoms with Gasteiger partial charge in [-0.15, -0.1) is 5.92 Å². The number of anilines is 2. The minimum absolute atomic E-state index is 0.180. The molecule has 1 aromatic heterocycles. The van der Waals surface area contributed by atoms with E-state index in [0.29, 0.717) is 25.5 Å². The third-order valence-electron chi connectivity index (χ3n) is 5.91. The summed E-state index contributed by atoms with van der Waals surface area (Å²) in [5.41, 5.74) is -2.92. The average molecular weight is 551 g/mol. The van der Waals surface area contributed by atoms with Crippen molar-refractivity contribution in [3.05, 3.63) is 48.2 Å². The van der Waals surface area contributed by atoms with Gasteiger partial charge < -0.3 is 14.7 Å². The van der Waals surface area contributed by atoms with Crippen LogP contribution in [0.3, 0.4) is 0 Å². The molecule has 1 aromatic carbocycles. The van der Waals surface area contributed by atoms with E-state index in [4.69, 9.17) is 4.74 Å². The molecule has 2 aromatic rings. The molecule has 1 aliphatic rings. The number of nitrogens with zero attached hydrogens (tertiary/aromatic N) is 3. The number of hydrogen-bond donors (Lipinski definition) is 2. The number of pyridine rings is 1. The van der Waals surface area contributed by atoms with Crippen LogP contribution in [0.25, 0.3) is 0 Å². The molecule has 0 bridgehead atoms. The molecule has 2 unspecified atom stereocenters. The number of nitrogens with one attached hydrogen (secondary N) is 1. The predicted molar refractivity (Wildman–Crippen MR) is 143 cm³/mol. The van der Waals surface area contributed by atoms with E-state index >= 15 is 0 Å². The molecule has 1 fully saturated rings. The van der Waals surface area contributed by atoms with Crippen LogP contribution in [0, 0.1) is 11.8 Å². The number of hydrogen-bond acceptors (Lipinski definition) is 7. The Morgan fingerprint density at radius 2 is 1.87 bits per heavy atom. The summed E-state index contributed by atoms with van der Waals surface area (Å²) in [5, 5.41) is 12.8. The number of alkyl halides is 3. The van der Waals surface area contributed by atoms with Crippen molar-refractivity contribution in [2.24, 2.45) is 0 Å². The summed E-state index contributed by atoms with van der Waals surface area (Å²) in [4.78, 5) is 19.2. The minimum Gasteiger partial charge on any atom is -0.444 e. The van der Waals surface area contributed by atoms with E-state index in [-0.39, 0.29) is 11.6 Å². The molecule has 11 heteroatoms. The molecule has 3 rings (SSSR count). The van der Waals surface area contributed by atoms with Crippen LogP contribution in [-0.2, 0) is 10.3 Å². The Labute approximate surface area is 225 Å². The van der Waals surface area contributed by atoms with Crippen molar-refractivity contribution in [3.63, 3.8) is 0 Å². The van der Waals surface area contributed by atoms with E-state index in [2.05, 4.69) is 31.3 Å². The highest BCUT2D eigenvalue weighted by atomic mass is 32.2. The van der Waals surface area contributed by atoms with E-state index in [0.717, 1.165) is 10.6 Å². The molecule has 0 spiro atoms. The largest absolute Gasteiger partial charge is 0.444 e. The number of amides is 1. The normalized spacial score (nSPS) is 18.2. The molecular weight excluding hydrogens is 517 g/mol. The number of aliphatic hydroxyl groups is 1. The lowest BCUT2D eigenvalue weighted by Crippen LogP contribution is -2.50. The molecular formula is C27H33F3N4O3S. The fraction of sp³-hybridized carbons (Fsp3) is 0.481. The fourth-order valence-electron chi connectivity index (χ4n) is 4.00. The highest BCUT2D eigenvalue weighted by Gasteiger charge is 2.53. The molecule has 1 amide bonds. The van der Waals surface area contributed by atoms with Crippen LogP contribution in [0.15, 0.2) is 47.5 Å². The van der Waals surface area contributed by atoms with Crippen LogP contribution in [0.4, 0.5) is 29.5 Å². The summed E-state index contributed by atoms with van der Waals surface area (Å²) in [7, 11) is 0. The third kappa shape index (κ3) is 7.34. The van der Waals surface area contributed by atoms with Crippen molar-refractivity contribution in [2.75, 3.05) is 29.9 Å². The van der Waals surface area contributed by atoms with E-state index in [1.807, 2.05) is 6.07 Å². The molecule has 7 nitrogen and oxygen atoms in total. The van der Waals surface area contributed by atoms with Crippen molar-refractivity contribution < 1.29 is 27.8 Å². The number of carbonyl (C=O) groups excluding carboxylic acids is 1. The quantitative estimate of drug-likeness (QED) is 0.347. The molecule has 0 saturated carbocycles. The number of piperazine rings is 1. The third-order valence-corrected chi connectivity index (χ3v) is 6.95. The lowest BCUT2D eigenvalue weighted by Gasteiger charge is -2.40. The minimum atomic E-state index is -4.76. The SMILES string of the molecule is CC#CC1CN(Sc2ccc(NC(=O)OC(C)(C)C)nc2)CCN1c1ccc(C(O)(CC)C(F)(F)F)cc1. The number of ether oxygens (including phenoxy) is 1. The number of carbonyl (C=O) groups is 1. The van der Waals surface area contributed by atoms with Crippen LogP contribution in [0.2, 0.25) is 0 Å². The van der Waals surface area contributed by atoms with Gasteiger partial charge in [0.1, 0.15) is 17.5 Å². The number of rotatable bonds is 6. The van der Waals surface area contributed by atoms with Gasteiger partial charge in [0.25, 0.3) is 0 Å². The second-order valence-corrected chi connectivity index (χ2v) is 11.0. The van der Waals surface area contributed by atoms with Gasteiger partial charge in [-0.1, -0.05) is 25.0 Å². The van der Waals surface area contributed by atoms with Gasteiger partial charge in [-0.05, 0) is 75.9 Å². The van der Waals surface area contributed by atoms with Gasteiger partial charge in [-0.3, -0.25) is 5.32 Å². The second kappa shape index (κ2) is 11.8. The first-order valence-corrected chi connectivity index (χ1v) is 13.0. The van der Waals surface area contributed by atoms with Crippen LogP contribution in [-0.4, -0.2) is 57.9 Å². The van der Waals surface area contributed by atoms with Gasteiger partial charge in [0.05, 0.1) is 0 Å². The van der Waals surface area contributed by atoms with E-state index in [1.165, 1.54) is 31.0 Å². The van der Waals surface area contributed by atoms with E-state index in [9.17, 15) is 23.1 Å². The summed E-state index contributed by atoms with van der Waals surface area (Å²) in [6, 6.07) is 9.26. The zero-order chi connectivity index (χ0) is 28.1. The van der Waals surface area contributed by atoms with Crippen LogP contribution in [0.1, 0.15) is 46.6 Å². The zero-order valence-electron chi connectivity index (χ0n) is 22.1. The Hall–Kier alpha value is -2.94. The van der Waals surface area contributed by atoms with Gasteiger partial charge in [-0.2, -0.15) is 13.2 Å². The van der Waals surface area contributed by atoms with Crippen molar-refractivity contribution in [2.45, 2.75) is 69.4 Å². The summed E-state index contributed by atoms with van der Waals surface area (Å²) >= 11 is 1.51. The number of benzene rings is 1. The first-order valence-electron chi connectivity index (χ1n) is 12.2. The van der Waals surface area contributed by atoms with Crippen LogP contribution in [0.5, 0.6) is 0 Å². The Morgan fingerprint density at radius 1 is 1.18 bits per heavy atom. The molecule has 2 atom stereocenters. The van der Waals surface area contributed by atoms with Crippen LogP contribution >= 0.6 is 11.9 Å². The van der Waals surface area contributed by atoms with Crippen molar-refractivity contribution in [1.82, 2.24) is 9.29 Å². The Morgan fingerprint density at radius 3 is 2.39 bits per heavy atom. The molecule has 206 valence electrons. The lowest BCUT2D eigenvalue weighted by atomic mass is 9.90. The van der Waals surface area contributed by atoms with Gasteiger partial charge in [-0.25, -0.2) is 14.1 Å². The molecule has 2 N–H and O–H groups in total. The molecule has 2 heterocycles. The Bertz CT molecular complexity index is 1160. The summed E-state index contributed by atoms with van der Waals surface area (Å²) in [6.07, 6.45) is -4.14. The first kappa shape index (κ1) is 29.6. The van der Waals surface area contributed by atoms with Crippen molar-refractivity contribution in [1.29, 1.82) is 0 Å². The van der Waals surface area contributed by atoms with Gasteiger partial charge in [0.2, 0.25) is 0 Å². The van der Waals surface area contributed by atoms with Crippen molar-refractivity contribution in [3.8, 4) is 11.8 Å². The van der Waals surface area contributed by atoms with Crippen LogP contribution < -0.4 is 10.2 Å². The highest BCUT2D eigenvalue weighted by Crippen LogP contribution is 2.42. The number of aromatic nitrogens is 1. The molecule has 0 radical (unpaired) electrons. The predicted octanol–water partition coefficient (Wildman–Crippen LogP) is 5.81. The Kier molecular flexibility index (Phi) is 9.23. The van der Waals surface area contributed by atoms with E-state index in [1.54, 1.807) is 52.1 Å². The highest BCUT2D eigenvalue weighted by molar-refractivity contribution is 7.97. The lowest BCUT2D eigenvalue weighted by molar-refractivity contribution is -0.267. The van der Waals surface area contributed by atoms with Gasteiger partial charge >= 0.3 is 12.3 Å².